The van der Waals surface area contributed by atoms with Gasteiger partial charge in [-0.3, -0.25) is 10.1 Å². The van der Waals surface area contributed by atoms with Crippen molar-refractivity contribution in [3.63, 3.8) is 0 Å². The second-order valence-corrected chi connectivity index (χ2v) is 6.21. The third-order valence-corrected chi connectivity index (χ3v) is 4.08. The topological polar surface area (TPSA) is 104 Å². The van der Waals surface area contributed by atoms with Crippen LogP contribution in [0.2, 0.25) is 0 Å². The number of aromatic nitrogens is 2. The molecule has 4 aromatic rings. The van der Waals surface area contributed by atoms with E-state index in [0.29, 0.717) is 22.9 Å². The van der Waals surface area contributed by atoms with Crippen LogP contribution in [-0.4, -0.2) is 15.1 Å². The fraction of sp³-hybridized carbons (Fsp3) is 0.100. The average molecular weight is 395 g/mol. The number of nitro benzene ring substituents is 1. The van der Waals surface area contributed by atoms with E-state index >= 15 is 0 Å². The largest absolute Gasteiger partial charge is 0.479 e. The molecule has 0 saturated carbocycles. The van der Waals surface area contributed by atoms with Crippen LogP contribution in [0.15, 0.2) is 63.5 Å². The molecule has 0 spiro atoms. The van der Waals surface area contributed by atoms with Gasteiger partial charge in [0.1, 0.15) is 18.2 Å². The molecule has 0 bridgehead atoms. The fourth-order valence-electron chi connectivity index (χ4n) is 2.65. The van der Waals surface area contributed by atoms with Crippen molar-refractivity contribution in [3.05, 3.63) is 81.9 Å². The van der Waals surface area contributed by atoms with Crippen molar-refractivity contribution in [2.24, 2.45) is 0 Å². The predicted octanol–water partition coefficient (Wildman–Crippen LogP) is 4.93. The van der Waals surface area contributed by atoms with E-state index in [1.54, 1.807) is 43.3 Å². The first-order chi connectivity index (χ1) is 14.0. The highest BCUT2D eigenvalue weighted by Gasteiger charge is 2.17. The summed E-state index contributed by atoms with van der Waals surface area (Å²) in [6, 6.07) is 13.7. The Morgan fingerprint density at radius 3 is 2.69 bits per heavy atom. The van der Waals surface area contributed by atoms with E-state index in [1.165, 1.54) is 18.2 Å². The molecule has 8 nitrogen and oxygen atoms in total. The lowest BCUT2D eigenvalue weighted by atomic mass is 10.2. The molecular weight excluding hydrogens is 381 g/mol. The molecule has 2 heterocycles. The fourth-order valence-corrected chi connectivity index (χ4v) is 2.65. The number of nitrogens with zero attached hydrogens (tertiary/aromatic N) is 3. The van der Waals surface area contributed by atoms with E-state index in [0.717, 1.165) is 5.56 Å². The smallest absolute Gasteiger partial charge is 0.311 e. The summed E-state index contributed by atoms with van der Waals surface area (Å²) in [6.07, 6.45) is 0. The third kappa shape index (κ3) is 3.98. The van der Waals surface area contributed by atoms with Crippen LogP contribution < -0.4 is 4.74 Å². The number of hydrogen-bond acceptors (Lipinski definition) is 7. The van der Waals surface area contributed by atoms with Gasteiger partial charge < -0.3 is 13.7 Å². The summed E-state index contributed by atoms with van der Waals surface area (Å²) in [7, 11) is 0. The van der Waals surface area contributed by atoms with Crippen molar-refractivity contribution >= 4 is 5.69 Å². The predicted molar refractivity (Wildman–Crippen MR) is 99.6 cm³/mol. The molecule has 0 radical (unpaired) electrons. The second kappa shape index (κ2) is 7.55. The lowest BCUT2D eigenvalue weighted by molar-refractivity contribution is -0.386. The van der Waals surface area contributed by atoms with Crippen molar-refractivity contribution in [2.75, 3.05) is 0 Å². The molecule has 146 valence electrons. The first-order valence-corrected chi connectivity index (χ1v) is 8.56. The number of benzene rings is 2. The van der Waals surface area contributed by atoms with Gasteiger partial charge in [0.15, 0.2) is 11.5 Å². The maximum absolute atomic E-state index is 13.0. The number of hydrogen-bond donors (Lipinski definition) is 0. The minimum Gasteiger partial charge on any atom is -0.479 e. The summed E-state index contributed by atoms with van der Waals surface area (Å²) < 4.78 is 29.4. The van der Waals surface area contributed by atoms with Crippen LogP contribution in [-0.2, 0) is 6.61 Å². The van der Waals surface area contributed by atoms with Gasteiger partial charge in [0.25, 0.3) is 5.89 Å². The number of ether oxygens (including phenoxy) is 1. The minimum absolute atomic E-state index is 0.0111. The molecule has 0 aliphatic carbocycles. The van der Waals surface area contributed by atoms with Crippen LogP contribution in [0.25, 0.3) is 23.0 Å². The quantitative estimate of drug-likeness (QED) is 0.337. The maximum Gasteiger partial charge on any atom is 0.311 e. The highest BCUT2D eigenvalue weighted by molar-refractivity contribution is 5.57. The van der Waals surface area contributed by atoms with E-state index in [2.05, 4.69) is 10.1 Å². The summed E-state index contributed by atoms with van der Waals surface area (Å²) in [5, 5.41) is 15.0. The zero-order valence-electron chi connectivity index (χ0n) is 15.2. The molecule has 2 aromatic heterocycles. The van der Waals surface area contributed by atoms with E-state index in [-0.39, 0.29) is 29.8 Å². The summed E-state index contributed by atoms with van der Waals surface area (Å²) >= 11 is 0. The van der Waals surface area contributed by atoms with Gasteiger partial charge in [0, 0.05) is 11.6 Å². The van der Waals surface area contributed by atoms with Crippen LogP contribution in [0.4, 0.5) is 10.1 Å². The van der Waals surface area contributed by atoms with Gasteiger partial charge in [-0.05, 0) is 55.0 Å². The molecule has 0 saturated heterocycles. The Hall–Kier alpha value is -4.01. The molecule has 2 aromatic carbocycles. The van der Waals surface area contributed by atoms with Gasteiger partial charge in [0.2, 0.25) is 5.82 Å². The SMILES string of the molecule is Cc1ccc(OCc2ccc(-c3nc(-c4ccc(F)cc4)no3)o2)c([N+](=O)[O-])c1. The average Bonchev–Trinajstić information content (AvgIpc) is 3.37. The van der Waals surface area contributed by atoms with Crippen LogP contribution in [0.5, 0.6) is 5.75 Å². The number of rotatable bonds is 6. The van der Waals surface area contributed by atoms with Gasteiger partial charge in [0.05, 0.1) is 4.92 Å². The first kappa shape index (κ1) is 18.4. The number of halogens is 1. The van der Waals surface area contributed by atoms with Crippen molar-refractivity contribution in [1.82, 2.24) is 10.1 Å². The molecule has 0 N–H and O–H groups in total. The molecule has 0 atom stereocenters. The molecule has 0 unspecified atom stereocenters. The third-order valence-electron chi connectivity index (χ3n) is 4.08. The zero-order chi connectivity index (χ0) is 20.4. The Morgan fingerprint density at radius 1 is 1.14 bits per heavy atom. The molecule has 0 aliphatic rings. The Morgan fingerprint density at radius 2 is 1.93 bits per heavy atom. The number of nitro groups is 1. The monoisotopic (exact) mass is 395 g/mol. The Kier molecular flexibility index (Phi) is 4.78. The van der Waals surface area contributed by atoms with Gasteiger partial charge in [-0.15, -0.1) is 0 Å². The molecule has 0 aliphatic heterocycles. The number of furan rings is 1. The summed E-state index contributed by atoms with van der Waals surface area (Å²) in [5.74, 6) is 0.984. The highest BCUT2D eigenvalue weighted by Crippen LogP contribution is 2.29. The molecule has 9 heteroatoms. The summed E-state index contributed by atoms with van der Waals surface area (Å²) in [5.41, 5.74) is 1.25. The molecule has 29 heavy (non-hydrogen) atoms. The normalized spacial score (nSPS) is 10.8. The molecule has 4 rings (SSSR count). The first-order valence-electron chi connectivity index (χ1n) is 8.56. The Bertz CT molecular complexity index is 1170. The lowest BCUT2D eigenvalue weighted by Crippen LogP contribution is -1.98. The van der Waals surface area contributed by atoms with Gasteiger partial charge in [-0.1, -0.05) is 11.2 Å². The van der Waals surface area contributed by atoms with E-state index in [1.807, 2.05) is 0 Å². The van der Waals surface area contributed by atoms with Gasteiger partial charge in [-0.25, -0.2) is 4.39 Å². The molecule has 0 fully saturated rings. The molecular formula is C20H14FN3O5. The number of aryl methyl sites for hydroxylation is 1. The van der Waals surface area contributed by atoms with Crippen molar-refractivity contribution in [3.8, 4) is 28.8 Å². The van der Waals surface area contributed by atoms with Crippen LogP contribution in [0, 0.1) is 22.9 Å². The van der Waals surface area contributed by atoms with Crippen LogP contribution in [0.1, 0.15) is 11.3 Å². The van der Waals surface area contributed by atoms with Crippen molar-refractivity contribution in [2.45, 2.75) is 13.5 Å². The molecule has 0 amide bonds. The maximum atomic E-state index is 13.0. The lowest BCUT2D eigenvalue weighted by Gasteiger charge is -2.05. The minimum atomic E-state index is -0.495. The highest BCUT2D eigenvalue weighted by atomic mass is 19.1. The standard InChI is InChI=1S/C20H14FN3O5/c1-12-2-8-17(16(10-12)24(25)26)27-11-15-7-9-18(28-15)20-22-19(23-29-20)13-3-5-14(21)6-4-13/h2-10H,11H2,1H3. The van der Waals surface area contributed by atoms with E-state index in [4.69, 9.17) is 13.7 Å². The second-order valence-electron chi connectivity index (χ2n) is 6.21. The zero-order valence-corrected chi connectivity index (χ0v) is 15.2. The Labute approximate surface area is 163 Å². The Balaban J connectivity index is 1.48. The summed E-state index contributed by atoms with van der Waals surface area (Å²) in [4.78, 5) is 14.9. The van der Waals surface area contributed by atoms with Crippen LogP contribution >= 0.6 is 0 Å². The van der Waals surface area contributed by atoms with Crippen molar-refractivity contribution < 1.29 is 23.0 Å². The van der Waals surface area contributed by atoms with Gasteiger partial charge >= 0.3 is 5.69 Å². The van der Waals surface area contributed by atoms with Crippen molar-refractivity contribution in [1.29, 1.82) is 0 Å². The van der Waals surface area contributed by atoms with Crippen LogP contribution in [0.3, 0.4) is 0 Å². The van der Waals surface area contributed by atoms with Gasteiger partial charge in [-0.2, -0.15) is 4.98 Å². The summed E-state index contributed by atoms with van der Waals surface area (Å²) in [6.45, 7) is 1.75. The van der Waals surface area contributed by atoms with E-state index in [9.17, 15) is 14.5 Å². The van der Waals surface area contributed by atoms with E-state index < -0.39 is 4.92 Å².